The molecule has 1 saturated heterocycles. The highest BCUT2D eigenvalue weighted by molar-refractivity contribution is 6.06. The van der Waals surface area contributed by atoms with Gasteiger partial charge in [-0.05, 0) is 61.2 Å². The van der Waals surface area contributed by atoms with E-state index in [1.165, 1.54) is 13.2 Å². The van der Waals surface area contributed by atoms with Gasteiger partial charge in [0.05, 0.1) is 17.7 Å². The Bertz CT molecular complexity index is 1200. The van der Waals surface area contributed by atoms with Crippen molar-refractivity contribution in [2.24, 2.45) is 5.92 Å². The van der Waals surface area contributed by atoms with Crippen molar-refractivity contribution >= 4 is 23.0 Å². The van der Waals surface area contributed by atoms with E-state index >= 15 is 0 Å². The van der Waals surface area contributed by atoms with Crippen LogP contribution in [0.2, 0.25) is 0 Å². The minimum atomic E-state index is -0.493. The van der Waals surface area contributed by atoms with Gasteiger partial charge in [0.25, 0.3) is 11.6 Å². The van der Waals surface area contributed by atoms with E-state index in [-0.39, 0.29) is 17.9 Å². The lowest BCUT2D eigenvalue weighted by Gasteiger charge is -2.31. The molecular weight excluding hydrogens is 438 g/mol. The highest BCUT2D eigenvalue weighted by atomic mass is 16.6. The third kappa shape index (κ3) is 4.89. The molecule has 1 amide bonds. The van der Waals surface area contributed by atoms with Gasteiger partial charge in [-0.2, -0.15) is 0 Å². The first-order valence-electron chi connectivity index (χ1n) is 11.1. The Morgan fingerprint density at radius 2 is 1.97 bits per heavy atom. The van der Waals surface area contributed by atoms with Crippen molar-refractivity contribution < 1.29 is 24.0 Å². The summed E-state index contributed by atoms with van der Waals surface area (Å²) in [5, 5.41) is 23.8. The Morgan fingerprint density at radius 1 is 1.21 bits per heavy atom. The van der Waals surface area contributed by atoms with E-state index in [0.717, 1.165) is 25.9 Å². The number of aliphatic hydroxyl groups excluding tert-OH is 1. The second-order valence-corrected chi connectivity index (χ2v) is 8.42. The number of piperidine rings is 1. The van der Waals surface area contributed by atoms with Crippen LogP contribution in [0.25, 0.3) is 11.3 Å². The van der Waals surface area contributed by atoms with E-state index in [0.29, 0.717) is 40.1 Å². The summed E-state index contributed by atoms with van der Waals surface area (Å²) in [5.74, 6) is 1.49. The molecule has 0 spiro atoms. The molecule has 1 aliphatic heterocycles. The maximum atomic E-state index is 13.0. The fourth-order valence-corrected chi connectivity index (χ4v) is 4.10. The molecule has 2 heterocycles. The molecular formula is C25H27N3O6. The standard InChI is InChI=1S/C25H27N3O6/c1-16-9-11-27(12-10-16)21-6-3-18(14-22(21)28(31)32)25(30)26-20-13-17(4-7-24(20)33-2)23-8-5-19(15-29)34-23/h3-8,13-14,16,29H,9-12,15H2,1-2H3,(H,26,30). The smallest absolute Gasteiger partial charge is 0.293 e. The van der Waals surface area contributed by atoms with Crippen LogP contribution < -0.4 is 15.0 Å². The van der Waals surface area contributed by atoms with Gasteiger partial charge < -0.3 is 24.5 Å². The molecule has 1 aromatic heterocycles. The number of nitro groups is 1. The van der Waals surface area contributed by atoms with E-state index in [1.807, 2.05) is 4.90 Å². The number of amides is 1. The van der Waals surface area contributed by atoms with Crippen molar-refractivity contribution in [2.75, 3.05) is 30.4 Å². The first-order valence-corrected chi connectivity index (χ1v) is 11.1. The summed E-state index contributed by atoms with van der Waals surface area (Å²) in [5.41, 5.74) is 1.69. The zero-order chi connectivity index (χ0) is 24.2. The summed E-state index contributed by atoms with van der Waals surface area (Å²) in [7, 11) is 1.49. The van der Waals surface area contributed by atoms with Crippen LogP contribution in [0, 0.1) is 16.0 Å². The predicted octanol–water partition coefficient (Wildman–Crippen LogP) is 4.84. The SMILES string of the molecule is COc1ccc(-c2ccc(CO)o2)cc1NC(=O)c1ccc(N2CCC(C)CC2)c([N+](=O)[O-])c1. The zero-order valence-electron chi connectivity index (χ0n) is 19.1. The van der Waals surface area contributed by atoms with Crippen molar-refractivity contribution in [3.8, 4) is 17.1 Å². The average molecular weight is 466 g/mol. The Balaban J connectivity index is 1.60. The van der Waals surface area contributed by atoms with Gasteiger partial charge in [0.1, 0.15) is 29.6 Å². The number of benzene rings is 2. The Labute approximate surface area is 197 Å². The van der Waals surface area contributed by atoms with Gasteiger partial charge in [-0.1, -0.05) is 6.92 Å². The van der Waals surface area contributed by atoms with Gasteiger partial charge in [-0.3, -0.25) is 14.9 Å². The van der Waals surface area contributed by atoms with E-state index in [9.17, 15) is 20.0 Å². The van der Waals surface area contributed by atoms with Crippen LogP contribution >= 0.6 is 0 Å². The number of hydrogen-bond donors (Lipinski definition) is 2. The van der Waals surface area contributed by atoms with E-state index in [2.05, 4.69) is 12.2 Å². The molecule has 4 rings (SSSR count). The van der Waals surface area contributed by atoms with Crippen molar-refractivity contribution in [2.45, 2.75) is 26.4 Å². The molecule has 0 bridgehead atoms. The van der Waals surface area contributed by atoms with Crippen LogP contribution in [0.3, 0.4) is 0 Å². The maximum absolute atomic E-state index is 13.0. The lowest BCUT2D eigenvalue weighted by Crippen LogP contribution is -2.33. The molecule has 0 unspecified atom stereocenters. The van der Waals surface area contributed by atoms with Crippen molar-refractivity contribution in [3.05, 3.63) is 70.0 Å². The number of nitrogens with zero attached hydrogens (tertiary/aromatic N) is 2. The first kappa shape index (κ1) is 23.3. The zero-order valence-corrected chi connectivity index (χ0v) is 19.1. The van der Waals surface area contributed by atoms with Crippen LogP contribution in [0.15, 0.2) is 52.9 Å². The Morgan fingerprint density at radius 3 is 2.62 bits per heavy atom. The molecule has 2 N–H and O–H groups in total. The van der Waals surface area contributed by atoms with Gasteiger partial charge in [-0.15, -0.1) is 0 Å². The second kappa shape index (κ2) is 9.96. The van der Waals surface area contributed by atoms with E-state index in [1.54, 1.807) is 42.5 Å². The summed E-state index contributed by atoms with van der Waals surface area (Å²) in [6.45, 7) is 3.47. The van der Waals surface area contributed by atoms with Crippen molar-refractivity contribution in [3.63, 3.8) is 0 Å². The summed E-state index contributed by atoms with van der Waals surface area (Å²) in [6, 6.07) is 13.1. The number of carbonyl (C=O) groups excluding carboxylic acids is 1. The molecule has 9 heteroatoms. The van der Waals surface area contributed by atoms with E-state index < -0.39 is 10.8 Å². The van der Waals surface area contributed by atoms with Crippen LogP contribution in [0.5, 0.6) is 5.75 Å². The fraction of sp³-hybridized carbons (Fsp3) is 0.320. The minimum absolute atomic E-state index is 0.0879. The number of ether oxygens (including phenoxy) is 1. The largest absolute Gasteiger partial charge is 0.495 e. The lowest BCUT2D eigenvalue weighted by molar-refractivity contribution is -0.384. The molecule has 0 saturated carbocycles. The number of aliphatic hydroxyl groups is 1. The number of furan rings is 1. The topological polar surface area (TPSA) is 118 Å². The van der Waals surface area contributed by atoms with Gasteiger partial charge in [0, 0.05) is 30.3 Å². The molecule has 34 heavy (non-hydrogen) atoms. The number of methoxy groups -OCH3 is 1. The van der Waals surface area contributed by atoms with Gasteiger partial charge >= 0.3 is 0 Å². The number of anilines is 2. The van der Waals surface area contributed by atoms with Crippen LogP contribution in [0.1, 0.15) is 35.9 Å². The normalized spacial score (nSPS) is 14.1. The summed E-state index contributed by atoms with van der Waals surface area (Å²) >= 11 is 0. The Hall–Kier alpha value is -3.85. The number of rotatable bonds is 7. The highest BCUT2D eigenvalue weighted by Crippen LogP contribution is 2.34. The molecule has 3 aromatic rings. The molecule has 1 aliphatic rings. The molecule has 0 atom stereocenters. The number of hydrogen-bond acceptors (Lipinski definition) is 7. The Kier molecular flexibility index (Phi) is 6.83. The molecule has 0 aliphatic carbocycles. The number of carbonyl (C=O) groups is 1. The second-order valence-electron chi connectivity index (χ2n) is 8.42. The van der Waals surface area contributed by atoms with E-state index in [4.69, 9.17) is 9.15 Å². The van der Waals surface area contributed by atoms with Crippen LogP contribution in [-0.2, 0) is 6.61 Å². The predicted molar refractivity (Wildman–Crippen MR) is 128 cm³/mol. The van der Waals surface area contributed by atoms with Crippen LogP contribution in [-0.4, -0.2) is 36.1 Å². The van der Waals surface area contributed by atoms with Gasteiger partial charge in [-0.25, -0.2) is 0 Å². The number of nitrogens with one attached hydrogen (secondary N) is 1. The summed E-state index contributed by atoms with van der Waals surface area (Å²) in [6.07, 6.45) is 1.95. The molecule has 9 nitrogen and oxygen atoms in total. The maximum Gasteiger partial charge on any atom is 0.293 e. The molecule has 178 valence electrons. The number of nitro benzene ring substituents is 1. The molecule has 1 fully saturated rings. The monoisotopic (exact) mass is 465 g/mol. The van der Waals surface area contributed by atoms with Crippen molar-refractivity contribution in [1.82, 2.24) is 0 Å². The first-order chi connectivity index (χ1) is 16.4. The third-order valence-electron chi connectivity index (χ3n) is 6.11. The van der Waals surface area contributed by atoms with Gasteiger partial charge in [0.15, 0.2) is 0 Å². The van der Waals surface area contributed by atoms with Crippen LogP contribution in [0.4, 0.5) is 17.1 Å². The summed E-state index contributed by atoms with van der Waals surface area (Å²) in [4.78, 5) is 26.4. The molecule has 2 aromatic carbocycles. The summed E-state index contributed by atoms with van der Waals surface area (Å²) < 4.78 is 10.9. The average Bonchev–Trinajstić information content (AvgIpc) is 3.33. The lowest BCUT2D eigenvalue weighted by atomic mass is 9.98. The van der Waals surface area contributed by atoms with Crippen molar-refractivity contribution in [1.29, 1.82) is 0 Å². The van der Waals surface area contributed by atoms with Gasteiger partial charge in [0.2, 0.25) is 0 Å². The minimum Gasteiger partial charge on any atom is -0.495 e. The quantitative estimate of drug-likeness (QED) is 0.378. The fourth-order valence-electron chi connectivity index (χ4n) is 4.10. The third-order valence-corrected chi connectivity index (χ3v) is 6.11. The molecule has 0 radical (unpaired) electrons. The highest BCUT2D eigenvalue weighted by Gasteiger charge is 2.25.